The van der Waals surface area contributed by atoms with Gasteiger partial charge in [0.1, 0.15) is 11.6 Å². The number of nitrogens with one attached hydrogen (secondary N) is 2. The van der Waals surface area contributed by atoms with Crippen LogP contribution in [0.25, 0.3) is 10.4 Å². The Bertz CT molecular complexity index is 1700. The van der Waals surface area contributed by atoms with Gasteiger partial charge in [-0.05, 0) is 86.9 Å². The number of hydrogen-bond donors (Lipinski definition) is 2. The van der Waals surface area contributed by atoms with Crippen LogP contribution in [0.4, 0.5) is 16.8 Å². The van der Waals surface area contributed by atoms with E-state index < -0.39 is 10.0 Å². The minimum atomic E-state index is -3.89. The first kappa shape index (κ1) is 28.8. The predicted molar refractivity (Wildman–Crippen MR) is 163 cm³/mol. The van der Waals surface area contributed by atoms with E-state index in [0.29, 0.717) is 53.3 Å². The number of piperidine rings is 1. The number of anilines is 3. The second kappa shape index (κ2) is 10.4. The fourth-order valence-corrected chi connectivity index (χ4v) is 7.86. The second-order valence-corrected chi connectivity index (χ2v) is 15.2. The smallest absolute Gasteiger partial charge is 0.256 e. The zero-order valence-corrected chi connectivity index (χ0v) is 26.2. The largest absolute Gasteiger partial charge is 0.331 e. The molecule has 42 heavy (non-hydrogen) atoms. The number of benzene rings is 1. The van der Waals surface area contributed by atoms with E-state index in [2.05, 4.69) is 23.9 Å². The second-order valence-electron chi connectivity index (χ2n) is 12.3. The zero-order chi connectivity index (χ0) is 30.0. The standard InChI is InChI=1S/C30H36N6O4S2/c1-17-27(41-29(32-17)34-23-7-6-8-24(33-23)36-16-30(3,4)12-11-25(36)37)20-13-21-15-35(18(2)19-9-10-19)28(38)26(21)22(14-20)42(39,40)31-5/h6-8,13-14,18-19,31H,9-12,15-16H2,1-5H3,(H,32,33,34)/t18-/m0/s1. The molecule has 1 saturated heterocycles. The Morgan fingerprint density at radius 3 is 2.62 bits per heavy atom. The molecular formula is C30H36N6O4S2. The van der Waals surface area contributed by atoms with E-state index in [1.54, 1.807) is 15.9 Å². The normalized spacial score (nSPS) is 19.3. The first-order valence-corrected chi connectivity index (χ1v) is 16.6. The molecule has 2 fully saturated rings. The summed E-state index contributed by atoms with van der Waals surface area (Å²) in [6, 6.07) is 9.10. The molecule has 0 unspecified atom stereocenters. The topological polar surface area (TPSA) is 125 Å². The molecule has 3 aromatic rings. The van der Waals surface area contributed by atoms with Gasteiger partial charge in [0.15, 0.2) is 5.13 Å². The summed E-state index contributed by atoms with van der Waals surface area (Å²) >= 11 is 1.39. The highest BCUT2D eigenvalue weighted by Crippen LogP contribution is 2.42. The van der Waals surface area contributed by atoms with Crippen LogP contribution >= 0.6 is 11.3 Å². The van der Waals surface area contributed by atoms with Crippen molar-refractivity contribution in [3.05, 3.63) is 47.2 Å². The highest BCUT2D eigenvalue weighted by molar-refractivity contribution is 7.89. The average Bonchev–Trinajstić information content (AvgIpc) is 3.67. The molecule has 2 N–H and O–H groups in total. The van der Waals surface area contributed by atoms with Crippen molar-refractivity contribution in [2.24, 2.45) is 11.3 Å². The van der Waals surface area contributed by atoms with Crippen molar-refractivity contribution in [1.82, 2.24) is 19.6 Å². The molecule has 6 rings (SSSR count). The van der Waals surface area contributed by atoms with Crippen LogP contribution in [0.1, 0.15) is 68.1 Å². The van der Waals surface area contributed by atoms with Crippen LogP contribution in [0.2, 0.25) is 0 Å². The molecule has 2 aliphatic heterocycles. The van der Waals surface area contributed by atoms with Gasteiger partial charge in [0.25, 0.3) is 5.91 Å². The van der Waals surface area contributed by atoms with Crippen molar-refractivity contribution < 1.29 is 18.0 Å². The number of rotatable bonds is 8. The van der Waals surface area contributed by atoms with Gasteiger partial charge in [-0.15, -0.1) is 0 Å². The zero-order valence-electron chi connectivity index (χ0n) is 24.5. The Kier molecular flexibility index (Phi) is 7.14. The van der Waals surface area contributed by atoms with E-state index in [0.717, 1.165) is 29.8 Å². The van der Waals surface area contributed by atoms with Gasteiger partial charge in [0.2, 0.25) is 15.9 Å². The molecule has 12 heteroatoms. The Hall–Kier alpha value is -3.35. The Morgan fingerprint density at radius 1 is 1.14 bits per heavy atom. The Labute approximate surface area is 250 Å². The van der Waals surface area contributed by atoms with Crippen LogP contribution in [0.3, 0.4) is 0 Å². The van der Waals surface area contributed by atoms with Crippen molar-refractivity contribution >= 4 is 49.9 Å². The molecule has 1 aliphatic carbocycles. The van der Waals surface area contributed by atoms with Gasteiger partial charge in [-0.1, -0.05) is 31.3 Å². The molecule has 2 aromatic heterocycles. The predicted octanol–water partition coefficient (Wildman–Crippen LogP) is 5.07. The fourth-order valence-electron chi connectivity index (χ4n) is 5.91. The number of sulfonamides is 1. The third-order valence-electron chi connectivity index (χ3n) is 8.56. The van der Waals surface area contributed by atoms with E-state index in [4.69, 9.17) is 9.97 Å². The van der Waals surface area contributed by atoms with Crippen molar-refractivity contribution in [2.75, 3.05) is 23.8 Å². The molecule has 1 saturated carbocycles. The average molecular weight is 609 g/mol. The number of amides is 2. The summed E-state index contributed by atoms with van der Waals surface area (Å²) in [5.74, 6) is 1.47. The molecule has 3 aliphatic rings. The van der Waals surface area contributed by atoms with E-state index in [1.807, 2.05) is 38.1 Å². The van der Waals surface area contributed by atoms with Gasteiger partial charge in [0.05, 0.1) is 21.0 Å². The monoisotopic (exact) mass is 608 g/mol. The number of nitrogens with zero attached hydrogens (tertiary/aromatic N) is 4. The minimum absolute atomic E-state index is 0.00111. The van der Waals surface area contributed by atoms with Crippen molar-refractivity contribution in [1.29, 1.82) is 0 Å². The maximum atomic E-state index is 13.5. The molecule has 1 atom stereocenters. The van der Waals surface area contributed by atoms with Crippen molar-refractivity contribution in [3.63, 3.8) is 0 Å². The van der Waals surface area contributed by atoms with Gasteiger partial charge in [-0.25, -0.2) is 23.1 Å². The lowest BCUT2D eigenvalue weighted by atomic mass is 9.84. The number of carbonyl (C=O) groups is 2. The van der Waals surface area contributed by atoms with Gasteiger partial charge >= 0.3 is 0 Å². The minimum Gasteiger partial charge on any atom is -0.331 e. The SMILES string of the molecule is CNS(=O)(=O)c1cc(-c2sc(Nc3cccc(N4CC(C)(C)CCC4=O)n3)nc2C)cc2c1C(=O)N([C@@H](C)C1CC1)C2. The molecule has 10 nitrogen and oxygen atoms in total. The third-order valence-corrected chi connectivity index (χ3v) is 11.1. The molecule has 4 heterocycles. The number of aryl methyl sites for hydroxylation is 1. The summed E-state index contributed by atoms with van der Waals surface area (Å²) in [6.07, 6.45) is 3.53. The summed E-state index contributed by atoms with van der Waals surface area (Å²) in [6.45, 7) is 9.23. The molecule has 222 valence electrons. The maximum Gasteiger partial charge on any atom is 0.256 e. The van der Waals surface area contributed by atoms with Crippen LogP contribution in [0, 0.1) is 18.3 Å². The summed E-state index contributed by atoms with van der Waals surface area (Å²) in [5.41, 5.74) is 2.42. The van der Waals surface area contributed by atoms with Gasteiger partial charge < -0.3 is 10.2 Å². The van der Waals surface area contributed by atoms with Crippen molar-refractivity contribution in [3.8, 4) is 10.4 Å². The van der Waals surface area contributed by atoms with Crippen LogP contribution in [0.5, 0.6) is 0 Å². The maximum absolute atomic E-state index is 13.5. The fraction of sp³-hybridized carbons (Fsp3) is 0.467. The quantitative estimate of drug-likeness (QED) is 0.366. The third kappa shape index (κ3) is 5.31. The molecular weight excluding hydrogens is 573 g/mol. The lowest BCUT2D eigenvalue weighted by molar-refractivity contribution is -0.121. The first-order chi connectivity index (χ1) is 19.9. The summed E-state index contributed by atoms with van der Waals surface area (Å²) in [5, 5.41) is 3.87. The van der Waals surface area contributed by atoms with Crippen LogP contribution in [-0.4, -0.2) is 54.7 Å². The van der Waals surface area contributed by atoms with Crippen LogP contribution < -0.4 is 14.9 Å². The summed E-state index contributed by atoms with van der Waals surface area (Å²) in [7, 11) is -2.54. The van der Waals surface area contributed by atoms with Crippen molar-refractivity contribution in [2.45, 2.75) is 70.9 Å². The summed E-state index contributed by atoms with van der Waals surface area (Å²) < 4.78 is 28.7. The number of hydrogen-bond acceptors (Lipinski definition) is 8. The molecule has 0 spiro atoms. The molecule has 0 bridgehead atoms. The highest BCUT2D eigenvalue weighted by atomic mass is 32.2. The first-order valence-electron chi connectivity index (χ1n) is 14.3. The van der Waals surface area contributed by atoms with Gasteiger partial charge in [0, 0.05) is 25.6 Å². The van der Waals surface area contributed by atoms with Crippen LogP contribution in [-0.2, 0) is 21.4 Å². The van der Waals surface area contributed by atoms with E-state index >= 15 is 0 Å². The number of aromatic nitrogens is 2. The van der Waals surface area contributed by atoms with E-state index in [9.17, 15) is 18.0 Å². The van der Waals surface area contributed by atoms with E-state index in [-0.39, 0.29) is 33.7 Å². The molecule has 1 aromatic carbocycles. The van der Waals surface area contributed by atoms with Gasteiger partial charge in [-0.3, -0.25) is 14.5 Å². The van der Waals surface area contributed by atoms with E-state index in [1.165, 1.54) is 18.4 Å². The highest BCUT2D eigenvalue weighted by Gasteiger charge is 2.41. The lowest BCUT2D eigenvalue weighted by Gasteiger charge is -2.37. The molecule has 2 amide bonds. The summed E-state index contributed by atoms with van der Waals surface area (Å²) in [4.78, 5) is 39.9. The van der Waals surface area contributed by atoms with Crippen LogP contribution in [0.15, 0.2) is 35.2 Å². The lowest BCUT2D eigenvalue weighted by Crippen LogP contribution is -2.44. The number of fused-ring (bicyclic) bond motifs is 1. The van der Waals surface area contributed by atoms with Gasteiger partial charge in [-0.2, -0.15) is 0 Å². The molecule has 0 radical (unpaired) electrons. The number of thiazole rings is 1. The number of pyridine rings is 1. The Morgan fingerprint density at radius 2 is 1.90 bits per heavy atom. The Balaban J connectivity index is 1.32. The number of carbonyl (C=O) groups excluding carboxylic acids is 2.